The number of rotatable bonds is 7. The van der Waals surface area contributed by atoms with Crippen LogP contribution < -0.4 is 15.1 Å². The lowest BCUT2D eigenvalue weighted by Gasteiger charge is -2.22. The van der Waals surface area contributed by atoms with Gasteiger partial charge in [-0.25, -0.2) is 27.2 Å². The molecule has 0 spiro atoms. The fourth-order valence-corrected chi connectivity index (χ4v) is 4.94. The number of benzene rings is 3. The van der Waals surface area contributed by atoms with E-state index in [1.165, 1.54) is 18.2 Å². The number of sulfone groups is 1. The van der Waals surface area contributed by atoms with Crippen molar-refractivity contribution in [1.82, 2.24) is 19.5 Å². The molecular formula is C28H25F2N7O3S. The van der Waals surface area contributed by atoms with Crippen molar-refractivity contribution < 1.29 is 22.0 Å². The van der Waals surface area contributed by atoms with Crippen LogP contribution in [0.25, 0.3) is 11.0 Å². The van der Waals surface area contributed by atoms with Crippen LogP contribution in [-0.4, -0.2) is 54.2 Å². The maximum Gasteiger partial charge on any atom is 0.261 e. The Morgan fingerprint density at radius 2 is 1.68 bits per heavy atom. The molecular weight excluding hydrogens is 552 g/mol. The maximum atomic E-state index is 14.2. The second kappa shape index (κ2) is 10.6. The predicted octanol–water partition coefficient (Wildman–Crippen LogP) is 4.83. The summed E-state index contributed by atoms with van der Waals surface area (Å²) in [7, 11) is 1.82. The van der Waals surface area contributed by atoms with Gasteiger partial charge >= 0.3 is 0 Å². The Hall–Kier alpha value is -4.91. The Morgan fingerprint density at radius 1 is 0.951 bits per heavy atom. The number of halogens is 2. The minimum atomic E-state index is -3.39. The standard InChI is InChI=1S/C28H25F2N7O3S/c1-35(17-8-5-9-18(16-17)41(4,39)40)27-31-15-14-23(32-27)36(2)21-12-7-13-22-25(21)33-28(37(22)3)34-26(38)19-10-6-11-20(29)24(19)30/h5-16H,1-4H3,(H,33,34,38). The molecule has 5 rings (SSSR count). The summed E-state index contributed by atoms with van der Waals surface area (Å²) in [4.78, 5) is 30.0. The summed E-state index contributed by atoms with van der Waals surface area (Å²) >= 11 is 0. The molecule has 210 valence electrons. The summed E-state index contributed by atoms with van der Waals surface area (Å²) < 4.78 is 53.5. The van der Waals surface area contributed by atoms with Gasteiger partial charge < -0.3 is 14.4 Å². The third-order valence-electron chi connectivity index (χ3n) is 6.58. The number of amides is 1. The van der Waals surface area contributed by atoms with Gasteiger partial charge in [0.25, 0.3) is 5.91 Å². The molecule has 1 N–H and O–H groups in total. The van der Waals surface area contributed by atoms with Crippen molar-refractivity contribution in [3.8, 4) is 0 Å². The monoisotopic (exact) mass is 577 g/mol. The number of hydrogen-bond donors (Lipinski definition) is 1. The lowest BCUT2D eigenvalue weighted by molar-refractivity contribution is 0.102. The normalized spacial score (nSPS) is 11.5. The smallest absolute Gasteiger partial charge is 0.261 e. The van der Waals surface area contributed by atoms with Crippen molar-refractivity contribution in [3.05, 3.63) is 90.1 Å². The van der Waals surface area contributed by atoms with E-state index in [4.69, 9.17) is 0 Å². The summed E-state index contributed by atoms with van der Waals surface area (Å²) in [5.41, 5.74) is 2.01. The number of nitrogens with zero attached hydrogens (tertiary/aromatic N) is 6. The first kappa shape index (κ1) is 27.6. The van der Waals surface area contributed by atoms with Crippen LogP contribution in [-0.2, 0) is 16.9 Å². The number of carbonyl (C=O) groups is 1. The van der Waals surface area contributed by atoms with Crippen LogP contribution in [0.2, 0.25) is 0 Å². The van der Waals surface area contributed by atoms with Crippen molar-refractivity contribution in [3.63, 3.8) is 0 Å². The van der Waals surface area contributed by atoms with Gasteiger partial charge in [0.15, 0.2) is 21.5 Å². The Kier molecular flexibility index (Phi) is 7.13. The van der Waals surface area contributed by atoms with Gasteiger partial charge in [-0.2, -0.15) is 4.98 Å². The zero-order valence-electron chi connectivity index (χ0n) is 22.5. The van der Waals surface area contributed by atoms with Crippen molar-refractivity contribution in [2.45, 2.75) is 4.90 Å². The van der Waals surface area contributed by atoms with Crippen molar-refractivity contribution in [1.29, 1.82) is 0 Å². The number of anilines is 5. The molecule has 13 heteroatoms. The minimum Gasteiger partial charge on any atom is -0.327 e. The van der Waals surface area contributed by atoms with Gasteiger partial charge in [0.05, 0.1) is 21.7 Å². The van der Waals surface area contributed by atoms with Crippen molar-refractivity contribution in [2.24, 2.45) is 7.05 Å². The molecule has 1 amide bonds. The summed E-state index contributed by atoms with van der Waals surface area (Å²) in [6.45, 7) is 0. The van der Waals surface area contributed by atoms with Gasteiger partial charge in [0, 0.05) is 39.3 Å². The number of hydrogen-bond acceptors (Lipinski definition) is 8. The molecule has 0 saturated heterocycles. The Morgan fingerprint density at radius 3 is 2.44 bits per heavy atom. The van der Waals surface area contributed by atoms with E-state index in [1.807, 2.05) is 18.2 Å². The van der Waals surface area contributed by atoms with Crippen LogP contribution in [0, 0.1) is 11.6 Å². The molecule has 0 aliphatic heterocycles. The molecule has 0 bridgehead atoms. The number of para-hydroxylation sites is 1. The third kappa shape index (κ3) is 5.31. The molecule has 0 saturated carbocycles. The SMILES string of the molecule is CN(c1cccc(S(C)(=O)=O)c1)c1nccc(N(C)c2cccc3c2nc(NC(=O)c2cccc(F)c2F)n3C)n1. The van der Waals surface area contributed by atoms with E-state index in [0.29, 0.717) is 34.2 Å². The molecule has 0 atom stereocenters. The molecule has 0 aliphatic rings. The Bertz CT molecular complexity index is 1910. The largest absolute Gasteiger partial charge is 0.327 e. The van der Waals surface area contributed by atoms with E-state index in [0.717, 1.165) is 12.3 Å². The van der Waals surface area contributed by atoms with E-state index < -0.39 is 32.9 Å². The van der Waals surface area contributed by atoms with E-state index >= 15 is 0 Å². The van der Waals surface area contributed by atoms with Gasteiger partial charge in [-0.3, -0.25) is 10.1 Å². The Balaban J connectivity index is 1.47. The lowest BCUT2D eigenvalue weighted by Crippen LogP contribution is -2.17. The van der Waals surface area contributed by atoms with E-state index in [-0.39, 0.29) is 10.8 Å². The van der Waals surface area contributed by atoms with E-state index in [1.54, 1.807) is 66.0 Å². The van der Waals surface area contributed by atoms with E-state index in [9.17, 15) is 22.0 Å². The van der Waals surface area contributed by atoms with E-state index in [2.05, 4.69) is 20.3 Å². The molecule has 5 aromatic rings. The van der Waals surface area contributed by atoms with Gasteiger partial charge in [-0.1, -0.05) is 18.2 Å². The Labute approximate surface area is 234 Å². The average molecular weight is 578 g/mol. The lowest BCUT2D eigenvalue weighted by atomic mass is 10.2. The molecule has 0 radical (unpaired) electrons. The van der Waals surface area contributed by atoms with Gasteiger partial charge in [0.1, 0.15) is 11.3 Å². The summed E-state index contributed by atoms with van der Waals surface area (Å²) in [5, 5.41) is 2.56. The number of nitrogens with one attached hydrogen (secondary N) is 1. The highest BCUT2D eigenvalue weighted by atomic mass is 32.2. The van der Waals surface area contributed by atoms with Crippen molar-refractivity contribution >= 4 is 55.9 Å². The van der Waals surface area contributed by atoms with Gasteiger partial charge in [0.2, 0.25) is 11.9 Å². The zero-order valence-corrected chi connectivity index (χ0v) is 23.3. The highest BCUT2D eigenvalue weighted by Gasteiger charge is 2.21. The van der Waals surface area contributed by atoms with Crippen LogP contribution in [0.4, 0.5) is 37.9 Å². The maximum absolute atomic E-state index is 14.2. The molecule has 0 aliphatic carbocycles. The number of fused-ring (bicyclic) bond motifs is 1. The first-order valence-corrected chi connectivity index (χ1v) is 14.2. The molecule has 3 aromatic carbocycles. The number of imidazole rings is 1. The van der Waals surface area contributed by atoms with Gasteiger partial charge in [-0.05, 0) is 48.5 Å². The van der Waals surface area contributed by atoms with Crippen molar-refractivity contribution in [2.75, 3.05) is 35.5 Å². The first-order valence-electron chi connectivity index (χ1n) is 12.3. The highest BCUT2D eigenvalue weighted by molar-refractivity contribution is 7.90. The zero-order chi connectivity index (χ0) is 29.5. The molecule has 41 heavy (non-hydrogen) atoms. The minimum absolute atomic E-state index is 0.142. The quantitative estimate of drug-likeness (QED) is 0.293. The van der Waals surface area contributed by atoms with Crippen LogP contribution in [0.1, 0.15) is 10.4 Å². The second-order valence-electron chi connectivity index (χ2n) is 9.30. The molecule has 0 fully saturated rings. The molecule has 2 heterocycles. The number of aromatic nitrogens is 4. The summed E-state index contributed by atoms with van der Waals surface area (Å²) in [6, 6.07) is 17.0. The van der Waals surface area contributed by atoms with Gasteiger partial charge in [-0.15, -0.1) is 0 Å². The summed E-state index contributed by atoms with van der Waals surface area (Å²) in [6.07, 6.45) is 2.73. The number of carbonyl (C=O) groups excluding carboxylic acids is 1. The summed E-state index contributed by atoms with van der Waals surface area (Å²) in [5.74, 6) is -2.20. The molecule has 10 nitrogen and oxygen atoms in total. The topological polar surface area (TPSA) is 113 Å². The second-order valence-corrected chi connectivity index (χ2v) is 11.3. The fraction of sp³-hybridized carbons (Fsp3) is 0.143. The third-order valence-corrected chi connectivity index (χ3v) is 7.69. The van der Waals surface area contributed by atoms with Crippen LogP contribution in [0.3, 0.4) is 0 Å². The first-order chi connectivity index (χ1) is 19.5. The average Bonchev–Trinajstić information content (AvgIpc) is 3.28. The molecule has 0 unspecified atom stereocenters. The molecule has 2 aromatic heterocycles. The van der Waals surface area contributed by atoms with Crippen LogP contribution in [0.5, 0.6) is 0 Å². The highest BCUT2D eigenvalue weighted by Crippen LogP contribution is 2.32. The fourth-order valence-electron chi connectivity index (χ4n) is 4.28. The predicted molar refractivity (Wildman–Crippen MR) is 153 cm³/mol. The van der Waals surface area contributed by atoms with Crippen LogP contribution in [0.15, 0.2) is 77.8 Å². The number of aryl methyl sites for hydroxylation is 1. The van der Waals surface area contributed by atoms with Crippen LogP contribution >= 0.6 is 0 Å².